The van der Waals surface area contributed by atoms with Gasteiger partial charge in [0.1, 0.15) is 29.4 Å². The first-order valence-corrected chi connectivity index (χ1v) is 11.6. The van der Waals surface area contributed by atoms with Crippen molar-refractivity contribution in [3.8, 4) is 11.5 Å². The lowest BCUT2D eigenvalue weighted by atomic mass is 9.96. The third kappa shape index (κ3) is 5.09. The lowest BCUT2D eigenvalue weighted by Gasteiger charge is -2.22. The number of aryl methyl sites for hydroxylation is 2. The van der Waals surface area contributed by atoms with E-state index in [1.165, 1.54) is 0 Å². The maximum atomic E-state index is 11.3. The Morgan fingerprint density at radius 3 is 2.29 bits per heavy atom. The number of hydrogen-bond acceptors (Lipinski definition) is 5. The van der Waals surface area contributed by atoms with E-state index in [2.05, 4.69) is 15.3 Å². The molecule has 5 aromatic rings. The summed E-state index contributed by atoms with van der Waals surface area (Å²) in [6, 6.07) is 31.4. The van der Waals surface area contributed by atoms with Crippen LogP contribution in [0.1, 0.15) is 34.1 Å². The van der Waals surface area contributed by atoms with Crippen LogP contribution in [0.4, 0.5) is 5.82 Å². The highest BCUT2D eigenvalue weighted by molar-refractivity contribution is 5.86. The number of aromatic nitrogens is 2. The molecule has 5 heteroatoms. The average Bonchev–Trinajstić information content (AvgIpc) is 2.88. The molecule has 35 heavy (non-hydrogen) atoms. The minimum absolute atomic E-state index is 0.167. The van der Waals surface area contributed by atoms with Crippen LogP contribution in [0, 0.1) is 13.8 Å². The summed E-state index contributed by atoms with van der Waals surface area (Å²) in [7, 11) is 0. The van der Waals surface area contributed by atoms with Crippen molar-refractivity contribution in [3.63, 3.8) is 0 Å². The van der Waals surface area contributed by atoms with Crippen LogP contribution in [0.5, 0.6) is 11.5 Å². The molecule has 0 aliphatic rings. The molecule has 0 radical (unpaired) electrons. The fourth-order valence-corrected chi connectivity index (χ4v) is 4.13. The number of nitrogens with zero attached hydrogens (tertiary/aromatic N) is 2. The number of fused-ring (bicyclic) bond motifs is 1. The van der Waals surface area contributed by atoms with Gasteiger partial charge in [-0.1, -0.05) is 66.7 Å². The molecule has 5 nitrogen and oxygen atoms in total. The van der Waals surface area contributed by atoms with Gasteiger partial charge in [0, 0.05) is 22.3 Å². The van der Waals surface area contributed by atoms with Gasteiger partial charge in [-0.25, -0.2) is 9.97 Å². The Morgan fingerprint density at radius 2 is 1.51 bits per heavy atom. The molecule has 174 valence electrons. The van der Waals surface area contributed by atoms with E-state index in [0.29, 0.717) is 12.1 Å². The zero-order chi connectivity index (χ0) is 24.2. The predicted octanol–water partition coefficient (Wildman–Crippen LogP) is 6.73. The normalized spacial score (nSPS) is 11.8. The summed E-state index contributed by atoms with van der Waals surface area (Å²) >= 11 is 0. The van der Waals surface area contributed by atoms with E-state index < -0.39 is 0 Å². The molecule has 2 heterocycles. The molecule has 3 aromatic carbocycles. The Labute approximate surface area is 205 Å². The van der Waals surface area contributed by atoms with Gasteiger partial charge in [-0.15, -0.1) is 0 Å². The molecule has 5 rings (SSSR count). The molecule has 0 unspecified atom stereocenters. The fourth-order valence-electron chi connectivity index (χ4n) is 4.13. The van der Waals surface area contributed by atoms with E-state index >= 15 is 0 Å². The smallest absolute Gasteiger partial charge is 0.147 e. The molecule has 0 aliphatic carbocycles. The van der Waals surface area contributed by atoms with Gasteiger partial charge in [-0.05, 0) is 55.3 Å². The van der Waals surface area contributed by atoms with Gasteiger partial charge in [0.15, 0.2) is 0 Å². The van der Waals surface area contributed by atoms with Crippen molar-refractivity contribution in [2.45, 2.75) is 26.5 Å². The number of anilines is 1. The summed E-state index contributed by atoms with van der Waals surface area (Å²) in [5.74, 6) is 1.68. The van der Waals surface area contributed by atoms with Crippen LogP contribution in [-0.4, -0.2) is 15.1 Å². The minimum Gasteiger partial charge on any atom is -0.505 e. The minimum atomic E-state index is -0.334. The highest BCUT2D eigenvalue weighted by Crippen LogP contribution is 2.37. The van der Waals surface area contributed by atoms with Crippen molar-refractivity contribution in [2.75, 3.05) is 5.32 Å². The Morgan fingerprint density at radius 1 is 0.771 bits per heavy atom. The molecule has 0 aliphatic heterocycles. The van der Waals surface area contributed by atoms with Gasteiger partial charge in [-0.2, -0.15) is 0 Å². The molecule has 0 fully saturated rings. The zero-order valence-corrected chi connectivity index (χ0v) is 19.8. The van der Waals surface area contributed by atoms with E-state index in [-0.39, 0.29) is 11.8 Å². The van der Waals surface area contributed by atoms with Crippen LogP contribution in [0.3, 0.4) is 0 Å². The quantitative estimate of drug-likeness (QED) is 0.281. The summed E-state index contributed by atoms with van der Waals surface area (Å²) in [6.07, 6.45) is 0. The number of aromatic hydroxyl groups is 1. The van der Waals surface area contributed by atoms with Gasteiger partial charge >= 0.3 is 0 Å². The van der Waals surface area contributed by atoms with Crippen LogP contribution in [0.15, 0.2) is 97.1 Å². The van der Waals surface area contributed by atoms with Gasteiger partial charge in [0.25, 0.3) is 0 Å². The second-order valence-corrected chi connectivity index (χ2v) is 8.61. The standard InChI is InChI=1S/C30H27N3O2/c1-20-7-6-10-27(31-20)33-28(26-18-15-24-12-11-21(2)32-29(24)30(26)34)23-13-16-25(17-14-23)35-19-22-8-4-3-5-9-22/h3-18,28,34H,19H2,1-2H3,(H,31,33)/t28-/m1/s1. The second kappa shape index (κ2) is 9.85. The Balaban J connectivity index is 1.49. The molecule has 0 amide bonds. The van der Waals surface area contributed by atoms with E-state index in [4.69, 9.17) is 4.74 Å². The number of pyridine rings is 2. The van der Waals surface area contributed by atoms with Gasteiger partial charge < -0.3 is 15.2 Å². The molecular weight excluding hydrogens is 434 g/mol. The van der Waals surface area contributed by atoms with E-state index in [1.807, 2.05) is 111 Å². The lowest BCUT2D eigenvalue weighted by Crippen LogP contribution is -2.14. The fraction of sp³-hybridized carbons (Fsp3) is 0.133. The molecular formula is C30H27N3O2. The highest BCUT2D eigenvalue weighted by atomic mass is 16.5. The molecule has 2 aromatic heterocycles. The van der Waals surface area contributed by atoms with Crippen molar-refractivity contribution in [2.24, 2.45) is 0 Å². The monoisotopic (exact) mass is 461 g/mol. The van der Waals surface area contributed by atoms with Crippen molar-refractivity contribution in [1.82, 2.24) is 9.97 Å². The first kappa shape index (κ1) is 22.4. The van der Waals surface area contributed by atoms with Crippen LogP contribution < -0.4 is 10.1 Å². The number of ether oxygens (including phenoxy) is 1. The van der Waals surface area contributed by atoms with E-state index in [9.17, 15) is 5.11 Å². The topological polar surface area (TPSA) is 67.3 Å². The van der Waals surface area contributed by atoms with Crippen molar-refractivity contribution in [3.05, 3.63) is 125 Å². The average molecular weight is 462 g/mol. The number of phenols is 1. The Bertz CT molecular complexity index is 1450. The molecule has 1 atom stereocenters. The first-order chi connectivity index (χ1) is 17.1. The lowest BCUT2D eigenvalue weighted by molar-refractivity contribution is 0.306. The summed E-state index contributed by atoms with van der Waals surface area (Å²) in [4.78, 5) is 9.20. The Kier molecular flexibility index (Phi) is 6.31. The van der Waals surface area contributed by atoms with Crippen molar-refractivity contribution >= 4 is 16.7 Å². The molecule has 0 spiro atoms. The summed E-state index contributed by atoms with van der Waals surface area (Å²) in [5, 5.41) is 15.7. The van der Waals surface area contributed by atoms with Gasteiger partial charge in [-0.3, -0.25) is 0 Å². The maximum Gasteiger partial charge on any atom is 0.147 e. The molecule has 0 saturated heterocycles. The number of phenolic OH excluding ortho intramolecular Hbond substituents is 1. The van der Waals surface area contributed by atoms with Gasteiger partial charge in [0.05, 0.1) is 6.04 Å². The van der Waals surface area contributed by atoms with Crippen molar-refractivity contribution in [1.29, 1.82) is 0 Å². The van der Waals surface area contributed by atoms with Crippen LogP contribution >= 0.6 is 0 Å². The SMILES string of the molecule is Cc1cccc(N[C@H](c2ccc(OCc3ccccc3)cc2)c2ccc3ccc(C)nc3c2O)n1. The third-order valence-corrected chi connectivity index (χ3v) is 5.96. The van der Waals surface area contributed by atoms with Gasteiger partial charge in [0.2, 0.25) is 0 Å². The highest BCUT2D eigenvalue weighted by Gasteiger charge is 2.21. The zero-order valence-electron chi connectivity index (χ0n) is 19.8. The molecule has 0 saturated carbocycles. The third-order valence-electron chi connectivity index (χ3n) is 5.96. The number of nitrogens with one attached hydrogen (secondary N) is 1. The maximum absolute atomic E-state index is 11.3. The first-order valence-electron chi connectivity index (χ1n) is 11.6. The van der Waals surface area contributed by atoms with Crippen LogP contribution in [0.25, 0.3) is 10.9 Å². The summed E-state index contributed by atoms with van der Waals surface area (Å²) < 4.78 is 5.97. The number of benzene rings is 3. The van der Waals surface area contributed by atoms with E-state index in [1.54, 1.807) is 0 Å². The predicted molar refractivity (Wildman–Crippen MR) is 140 cm³/mol. The van der Waals surface area contributed by atoms with Crippen LogP contribution in [-0.2, 0) is 6.61 Å². The number of rotatable bonds is 7. The summed E-state index contributed by atoms with van der Waals surface area (Å²) in [6.45, 7) is 4.39. The Hall–Kier alpha value is -4.38. The summed E-state index contributed by atoms with van der Waals surface area (Å²) in [5.41, 5.74) is 5.19. The largest absolute Gasteiger partial charge is 0.505 e. The molecule has 0 bridgehead atoms. The van der Waals surface area contributed by atoms with Crippen molar-refractivity contribution < 1.29 is 9.84 Å². The second-order valence-electron chi connectivity index (χ2n) is 8.61. The van der Waals surface area contributed by atoms with Crippen LogP contribution in [0.2, 0.25) is 0 Å². The number of hydrogen-bond donors (Lipinski definition) is 2. The molecule has 2 N–H and O–H groups in total. The van der Waals surface area contributed by atoms with E-state index in [0.717, 1.165) is 45.0 Å².